The molecule has 1 aromatic heterocycles. The number of carbonyl (C=O) groups excluding carboxylic acids is 1. The van der Waals surface area contributed by atoms with Gasteiger partial charge in [-0.1, -0.05) is 12.1 Å². The lowest BCUT2D eigenvalue weighted by Gasteiger charge is -2.52. The maximum Gasteiger partial charge on any atom is 0.416 e. The van der Waals surface area contributed by atoms with Gasteiger partial charge in [-0.3, -0.25) is 9.62 Å². The van der Waals surface area contributed by atoms with Gasteiger partial charge >= 0.3 is 6.09 Å². The van der Waals surface area contributed by atoms with Crippen LogP contribution in [-0.2, 0) is 22.3 Å². The van der Waals surface area contributed by atoms with E-state index >= 15 is 4.39 Å². The summed E-state index contributed by atoms with van der Waals surface area (Å²) in [5.41, 5.74) is 0.108. The molecule has 0 unspecified atom stereocenters. The normalized spacial score (nSPS) is 16.3. The molecule has 5 rings (SSSR count). The van der Waals surface area contributed by atoms with Crippen molar-refractivity contribution in [3.63, 3.8) is 0 Å². The second-order valence-electron chi connectivity index (χ2n) is 8.25. The molecule has 1 spiro atoms. The number of halogens is 1. The lowest BCUT2D eigenvalue weighted by Crippen LogP contribution is -2.57. The van der Waals surface area contributed by atoms with E-state index in [2.05, 4.69) is 19.6 Å². The zero-order chi connectivity index (χ0) is 24.6. The van der Waals surface area contributed by atoms with Crippen molar-refractivity contribution < 1.29 is 27.1 Å². The molecular formula is C23H22FN5O5S. The highest BCUT2D eigenvalue weighted by molar-refractivity contribution is 7.90. The molecule has 10 nitrogen and oxygen atoms in total. The number of benzene rings is 2. The largest absolute Gasteiger partial charge is 0.437 e. The number of hydrogen-bond donors (Lipinski definition) is 2. The fourth-order valence-corrected chi connectivity index (χ4v) is 4.93. The summed E-state index contributed by atoms with van der Waals surface area (Å²) < 4.78 is 54.4. The first-order chi connectivity index (χ1) is 16.8. The van der Waals surface area contributed by atoms with E-state index in [1.54, 1.807) is 24.3 Å². The number of hydrogen-bond acceptors (Lipinski definition) is 7. The zero-order valence-corrected chi connectivity index (χ0v) is 19.5. The number of rotatable bonds is 7. The molecule has 0 bridgehead atoms. The van der Waals surface area contributed by atoms with Gasteiger partial charge in [0.25, 0.3) is 10.2 Å². The van der Waals surface area contributed by atoms with Crippen LogP contribution in [0.1, 0.15) is 30.4 Å². The molecule has 1 amide bonds. The minimum Gasteiger partial charge on any atom is -0.437 e. The first kappa shape index (κ1) is 23.0. The Morgan fingerprint density at radius 1 is 1.20 bits per heavy atom. The van der Waals surface area contributed by atoms with Crippen LogP contribution in [0.5, 0.6) is 17.4 Å². The van der Waals surface area contributed by atoms with Crippen molar-refractivity contribution in [3.8, 4) is 17.4 Å². The Hall–Kier alpha value is -3.77. The maximum absolute atomic E-state index is 15.2. The predicted octanol–water partition coefficient (Wildman–Crippen LogP) is 3.68. The smallest absolute Gasteiger partial charge is 0.416 e. The lowest BCUT2D eigenvalue weighted by atomic mass is 9.69. The molecular weight excluding hydrogens is 477 g/mol. The fourth-order valence-electron chi connectivity index (χ4n) is 4.38. The molecule has 0 atom stereocenters. The molecule has 2 N–H and O–H groups in total. The van der Waals surface area contributed by atoms with Gasteiger partial charge in [-0.05, 0) is 43.5 Å². The molecule has 1 fully saturated rings. The summed E-state index contributed by atoms with van der Waals surface area (Å²) in [5, 5.41) is 7.66. The number of nitrogens with zero attached hydrogens (tertiary/aromatic N) is 3. The van der Waals surface area contributed by atoms with Gasteiger partial charge in [0.2, 0.25) is 5.88 Å². The van der Waals surface area contributed by atoms with E-state index in [1.807, 2.05) is 6.07 Å². The molecule has 2 aliphatic rings. The standard InChI is InChI=1S/C23H22FN5O5S/c1-25-35(31,32)28-18-6-2-5-15(21(18)24)14-29-22(30)34-19-13-16(33-20-7-3-12-26-27-20)8-9-17(19)23(29)10-4-11-23/h2-3,5-9,12-13,25,28H,4,10-11,14H2,1H3. The summed E-state index contributed by atoms with van der Waals surface area (Å²) in [6.07, 6.45) is 3.19. The van der Waals surface area contributed by atoms with Crippen LogP contribution in [-0.4, -0.2) is 36.7 Å². The highest BCUT2D eigenvalue weighted by Gasteiger charge is 2.51. The fraction of sp³-hybridized carbons (Fsp3) is 0.261. The summed E-state index contributed by atoms with van der Waals surface area (Å²) >= 11 is 0. The van der Waals surface area contributed by atoms with Gasteiger partial charge in [-0.15, -0.1) is 5.10 Å². The van der Waals surface area contributed by atoms with Crippen LogP contribution in [0.15, 0.2) is 54.7 Å². The van der Waals surface area contributed by atoms with Crippen molar-refractivity contribution in [3.05, 3.63) is 71.7 Å². The molecule has 1 saturated carbocycles. The SMILES string of the molecule is CNS(=O)(=O)Nc1cccc(CN2C(=O)Oc3cc(Oc4cccnn4)ccc3C23CCC3)c1F. The van der Waals surface area contributed by atoms with Crippen LogP contribution in [0.2, 0.25) is 0 Å². The van der Waals surface area contributed by atoms with Gasteiger partial charge in [0, 0.05) is 36.5 Å². The topological polar surface area (TPSA) is 123 Å². The van der Waals surface area contributed by atoms with Crippen molar-refractivity contribution in [2.24, 2.45) is 0 Å². The van der Waals surface area contributed by atoms with Crippen molar-refractivity contribution in [1.82, 2.24) is 19.8 Å². The number of amides is 1. The van der Waals surface area contributed by atoms with Crippen LogP contribution in [0, 0.1) is 5.82 Å². The molecule has 0 radical (unpaired) electrons. The second-order valence-corrected chi connectivity index (χ2v) is 9.87. The Morgan fingerprint density at radius 3 is 2.71 bits per heavy atom. The zero-order valence-electron chi connectivity index (χ0n) is 18.7. The van der Waals surface area contributed by atoms with Crippen LogP contribution in [0.3, 0.4) is 0 Å². The third-order valence-corrected chi connectivity index (χ3v) is 7.29. The van der Waals surface area contributed by atoms with Crippen LogP contribution < -0.4 is 18.9 Å². The summed E-state index contributed by atoms with van der Waals surface area (Å²) in [6, 6.07) is 12.9. The van der Waals surface area contributed by atoms with E-state index in [0.717, 1.165) is 12.0 Å². The van der Waals surface area contributed by atoms with E-state index < -0.39 is 27.7 Å². The van der Waals surface area contributed by atoms with Gasteiger partial charge in [0.05, 0.1) is 17.8 Å². The monoisotopic (exact) mass is 499 g/mol. The molecule has 3 aromatic rings. The van der Waals surface area contributed by atoms with Crippen molar-refractivity contribution in [2.45, 2.75) is 31.3 Å². The first-order valence-electron chi connectivity index (χ1n) is 10.9. The van der Waals surface area contributed by atoms with Crippen LogP contribution in [0.25, 0.3) is 0 Å². The van der Waals surface area contributed by atoms with Crippen molar-refractivity contribution >= 4 is 22.0 Å². The average molecular weight is 500 g/mol. The third-order valence-electron chi connectivity index (χ3n) is 6.26. The molecule has 12 heteroatoms. The van der Waals surface area contributed by atoms with Gasteiger partial charge < -0.3 is 9.47 Å². The lowest BCUT2D eigenvalue weighted by molar-refractivity contribution is 0.00114. The summed E-state index contributed by atoms with van der Waals surface area (Å²) in [4.78, 5) is 14.6. The van der Waals surface area contributed by atoms with E-state index in [1.165, 1.54) is 36.3 Å². The molecule has 1 aliphatic carbocycles. The van der Waals surface area contributed by atoms with Gasteiger partial charge in [-0.25, -0.2) is 13.9 Å². The van der Waals surface area contributed by atoms with Gasteiger partial charge in [0.1, 0.15) is 11.5 Å². The number of aromatic nitrogens is 2. The Balaban J connectivity index is 1.44. The van der Waals surface area contributed by atoms with Crippen molar-refractivity contribution in [1.29, 1.82) is 0 Å². The van der Waals surface area contributed by atoms with Crippen LogP contribution >= 0.6 is 0 Å². The Kier molecular flexibility index (Phi) is 5.77. The molecule has 35 heavy (non-hydrogen) atoms. The number of fused-ring (bicyclic) bond motifs is 2. The summed E-state index contributed by atoms with van der Waals surface area (Å²) in [6.45, 7) is -0.0862. The molecule has 0 saturated heterocycles. The molecule has 2 heterocycles. The quantitative estimate of drug-likeness (QED) is 0.508. The van der Waals surface area contributed by atoms with E-state index in [4.69, 9.17) is 9.47 Å². The molecule has 182 valence electrons. The van der Waals surface area contributed by atoms with Gasteiger partial charge in [-0.2, -0.15) is 13.5 Å². The van der Waals surface area contributed by atoms with Crippen LogP contribution in [0.4, 0.5) is 14.9 Å². The summed E-state index contributed by atoms with van der Waals surface area (Å²) in [7, 11) is -2.69. The minimum atomic E-state index is -3.90. The van der Waals surface area contributed by atoms with Crippen molar-refractivity contribution in [2.75, 3.05) is 11.8 Å². The maximum atomic E-state index is 15.2. The highest BCUT2D eigenvalue weighted by atomic mass is 32.2. The minimum absolute atomic E-state index is 0.0862. The summed E-state index contributed by atoms with van der Waals surface area (Å²) in [5.74, 6) is 0.366. The number of anilines is 1. The third kappa shape index (κ3) is 4.26. The Morgan fingerprint density at radius 2 is 2.03 bits per heavy atom. The second kappa shape index (κ2) is 8.78. The average Bonchev–Trinajstić information content (AvgIpc) is 2.81. The number of carbonyl (C=O) groups is 1. The van der Waals surface area contributed by atoms with E-state index in [9.17, 15) is 13.2 Å². The number of nitrogens with one attached hydrogen (secondary N) is 2. The Labute approximate surface area is 201 Å². The van der Waals surface area contributed by atoms with E-state index in [-0.39, 0.29) is 17.8 Å². The molecule has 2 aromatic carbocycles. The number of ether oxygens (including phenoxy) is 2. The van der Waals surface area contributed by atoms with Gasteiger partial charge in [0.15, 0.2) is 5.82 Å². The highest BCUT2D eigenvalue weighted by Crippen LogP contribution is 2.53. The molecule has 1 aliphatic heterocycles. The van der Waals surface area contributed by atoms with E-state index in [0.29, 0.717) is 30.2 Å². The Bertz CT molecular complexity index is 1380. The predicted molar refractivity (Wildman–Crippen MR) is 124 cm³/mol. The first-order valence-corrected chi connectivity index (χ1v) is 12.4.